The molecule has 7 nitrogen and oxygen atoms in total. The number of nitrogens with one attached hydrogen (secondary N) is 1. The maximum atomic E-state index is 13.6. The Balaban J connectivity index is 1.61. The van der Waals surface area contributed by atoms with Gasteiger partial charge >= 0.3 is 0 Å². The molecule has 0 saturated heterocycles. The minimum atomic E-state index is -1.09. The third-order valence-electron chi connectivity index (χ3n) is 5.97. The van der Waals surface area contributed by atoms with Gasteiger partial charge in [0.2, 0.25) is 18.6 Å². The normalized spacial score (nSPS) is 13.8. The standard InChI is InChI=1S/C26H27N3O4/c1-3-26(2,25(31)28-21-11-12-22-23(15-21)33-18-32-22)29(17-20-10-7-13-27-16-20)24(30)14-19-8-5-4-6-9-19/h4-13,15-16H,3,14,17-18H2,1-2H3,(H,28,31)/t26-/m0/s1. The zero-order chi connectivity index (χ0) is 23.3. The molecule has 0 aliphatic carbocycles. The summed E-state index contributed by atoms with van der Waals surface area (Å²) in [4.78, 5) is 32.9. The van der Waals surface area contributed by atoms with Crippen molar-refractivity contribution in [3.05, 3.63) is 84.2 Å². The van der Waals surface area contributed by atoms with Crippen LogP contribution in [0.25, 0.3) is 0 Å². The molecule has 2 aromatic carbocycles. The largest absolute Gasteiger partial charge is 0.454 e. The van der Waals surface area contributed by atoms with Gasteiger partial charge in [0.15, 0.2) is 11.5 Å². The molecule has 0 spiro atoms. The molecule has 0 bridgehead atoms. The van der Waals surface area contributed by atoms with E-state index in [0.29, 0.717) is 23.6 Å². The van der Waals surface area contributed by atoms with Crippen LogP contribution in [0.1, 0.15) is 31.4 Å². The summed E-state index contributed by atoms with van der Waals surface area (Å²) in [6.45, 7) is 4.14. The van der Waals surface area contributed by atoms with E-state index in [0.717, 1.165) is 11.1 Å². The van der Waals surface area contributed by atoms with Crippen LogP contribution >= 0.6 is 0 Å². The van der Waals surface area contributed by atoms with Crippen molar-refractivity contribution in [1.29, 1.82) is 0 Å². The van der Waals surface area contributed by atoms with Gasteiger partial charge in [-0.05, 0) is 42.7 Å². The number of carbonyl (C=O) groups excluding carboxylic acids is 2. The molecule has 0 unspecified atom stereocenters. The second kappa shape index (κ2) is 9.73. The van der Waals surface area contributed by atoms with Crippen molar-refractivity contribution < 1.29 is 19.1 Å². The lowest BCUT2D eigenvalue weighted by atomic mass is 9.93. The summed E-state index contributed by atoms with van der Waals surface area (Å²) in [5.74, 6) is 0.824. The molecule has 0 fully saturated rings. The third-order valence-corrected chi connectivity index (χ3v) is 5.97. The first kappa shape index (κ1) is 22.3. The Morgan fingerprint density at radius 1 is 1.03 bits per heavy atom. The van der Waals surface area contributed by atoms with Crippen LogP contribution in [-0.4, -0.2) is 34.0 Å². The number of carbonyl (C=O) groups is 2. The predicted octanol–water partition coefficient (Wildman–Crippen LogP) is 4.19. The van der Waals surface area contributed by atoms with Crippen LogP contribution in [0, 0.1) is 0 Å². The highest BCUT2D eigenvalue weighted by molar-refractivity contribution is 6.00. The fraction of sp³-hybridized carbons (Fsp3) is 0.269. The van der Waals surface area contributed by atoms with Gasteiger partial charge in [-0.1, -0.05) is 43.3 Å². The maximum absolute atomic E-state index is 13.6. The van der Waals surface area contributed by atoms with Crippen LogP contribution in [0.5, 0.6) is 11.5 Å². The Kier molecular flexibility index (Phi) is 6.58. The molecular formula is C26H27N3O4. The fourth-order valence-corrected chi connectivity index (χ4v) is 3.79. The summed E-state index contributed by atoms with van der Waals surface area (Å²) < 4.78 is 10.8. The summed E-state index contributed by atoms with van der Waals surface area (Å²) in [5.41, 5.74) is 1.25. The molecule has 1 aliphatic heterocycles. The van der Waals surface area contributed by atoms with Gasteiger partial charge in [-0.2, -0.15) is 0 Å². The van der Waals surface area contributed by atoms with E-state index in [-0.39, 0.29) is 31.6 Å². The number of hydrogen-bond donors (Lipinski definition) is 1. The van der Waals surface area contributed by atoms with E-state index in [4.69, 9.17) is 9.47 Å². The monoisotopic (exact) mass is 445 g/mol. The summed E-state index contributed by atoms with van der Waals surface area (Å²) in [6.07, 6.45) is 4.04. The number of hydrogen-bond acceptors (Lipinski definition) is 5. The minimum absolute atomic E-state index is 0.129. The van der Waals surface area contributed by atoms with E-state index in [2.05, 4.69) is 10.3 Å². The Morgan fingerprint density at radius 3 is 2.52 bits per heavy atom. The molecule has 1 aliphatic rings. The molecule has 2 amide bonds. The van der Waals surface area contributed by atoms with Gasteiger partial charge in [0.25, 0.3) is 0 Å². The number of aromatic nitrogens is 1. The average molecular weight is 446 g/mol. The molecular weight excluding hydrogens is 418 g/mol. The highest BCUT2D eigenvalue weighted by atomic mass is 16.7. The summed E-state index contributed by atoms with van der Waals surface area (Å²) in [7, 11) is 0. The molecule has 7 heteroatoms. The Hall–Kier alpha value is -3.87. The Labute approximate surface area is 193 Å². The van der Waals surface area contributed by atoms with Crippen LogP contribution in [0.15, 0.2) is 73.1 Å². The highest BCUT2D eigenvalue weighted by Gasteiger charge is 2.41. The lowest BCUT2D eigenvalue weighted by Crippen LogP contribution is -2.56. The number of rotatable bonds is 8. The molecule has 33 heavy (non-hydrogen) atoms. The van der Waals surface area contributed by atoms with Crippen molar-refractivity contribution in [3.63, 3.8) is 0 Å². The lowest BCUT2D eigenvalue weighted by molar-refractivity contribution is -0.145. The van der Waals surface area contributed by atoms with Gasteiger partial charge < -0.3 is 19.7 Å². The number of amides is 2. The second-order valence-corrected chi connectivity index (χ2v) is 8.15. The van der Waals surface area contributed by atoms with Gasteiger partial charge in [0, 0.05) is 30.7 Å². The van der Waals surface area contributed by atoms with Crippen LogP contribution in [0.4, 0.5) is 5.69 Å². The molecule has 170 valence electrons. The third kappa shape index (κ3) is 4.98. The first-order chi connectivity index (χ1) is 16.0. The van der Waals surface area contributed by atoms with Gasteiger partial charge in [0.1, 0.15) is 5.54 Å². The lowest BCUT2D eigenvalue weighted by Gasteiger charge is -2.39. The number of fused-ring (bicyclic) bond motifs is 1. The van der Waals surface area contributed by atoms with Crippen LogP contribution < -0.4 is 14.8 Å². The zero-order valence-electron chi connectivity index (χ0n) is 18.8. The van der Waals surface area contributed by atoms with Crippen molar-refractivity contribution >= 4 is 17.5 Å². The molecule has 3 aromatic rings. The van der Waals surface area contributed by atoms with Gasteiger partial charge in [0.05, 0.1) is 6.42 Å². The SMILES string of the molecule is CC[C@@](C)(C(=O)Nc1ccc2c(c1)OCO2)N(Cc1cccnc1)C(=O)Cc1ccccc1. The van der Waals surface area contributed by atoms with Crippen LogP contribution in [-0.2, 0) is 22.6 Å². The number of nitrogens with zero attached hydrogens (tertiary/aromatic N) is 2. The summed E-state index contributed by atoms with van der Waals surface area (Å²) in [5, 5.41) is 2.96. The second-order valence-electron chi connectivity index (χ2n) is 8.15. The quantitative estimate of drug-likeness (QED) is 0.562. The molecule has 1 aromatic heterocycles. The van der Waals surface area contributed by atoms with Crippen molar-refractivity contribution in [3.8, 4) is 11.5 Å². The van der Waals surface area contributed by atoms with Crippen LogP contribution in [0.3, 0.4) is 0 Å². The molecule has 1 atom stereocenters. The Morgan fingerprint density at radius 2 is 1.79 bits per heavy atom. The molecule has 1 N–H and O–H groups in total. The first-order valence-electron chi connectivity index (χ1n) is 10.9. The number of ether oxygens (including phenoxy) is 2. The number of pyridine rings is 1. The van der Waals surface area contributed by atoms with E-state index in [1.54, 1.807) is 42.4 Å². The molecule has 2 heterocycles. The summed E-state index contributed by atoms with van der Waals surface area (Å²) >= 11 is 0. The maximum Gasteiger partial charge on any atom is 0.250 e. The molecule has 4 rings (SSSR count). The minimum Gasteiger partial charge on any atom is -0.454 e. The fourth-order valence-electron chi connectivity index (χ4n) is 3.79. The van der Waals surface area contributed by atoms with Crippen molar-refractivity contribution in [1.82, 2.24) is 9.88 Å². The van der Waals surface area contributed by atoms with E-state index < -0.39 is 5.54 Å². The number of anilines is 1. The highest BCUT2D eigenvalue weighted by Crippen LogP contribution is 2.35. The van der Waals surface area contributed by atoms with E-state index >= 15 is 0 Å². The zero-order valence-corrected chi connectivity index (χ0v) is 18.8. The van der Waals surface area contributed by atoms with E-state index in [1.165, 1.54) is 0 Å². The summed E-state index contributed by atoms with van der Waals surface area (Å²) in [6, 6.07) is 18.5. The number of benzene rings is 2. The van der Waals surface area contributed by atoms with Gasteiger partial charge in [-0.3, -0.25) is 14.6 Å². The smallest absolute Gasteiger partial charge is 0.250 e. The molecule has 0 saturated carbocycles. The average Bonchev–Trinajstić information content (AvgIpc) is 3.31. The first-order valence-corrected chi connectivity index (χ1v) is 10.9. The predicted molar refractivity (Wildman–Crippen MR) is 125 cm³/mol. The van der Waals surface area contributed by atoms with E-state index in [9.17, 15) is 9.59 Å². The van der Waals surface area contributed by atoms with Crippen molar-refractivity contribution in [2.45, 2.75) is 38.8 Å². The van der Waals surface area contributed by atoms with Crippen molar-refractivity contribution in [2.24, 2.45) is 0 Å². The van der Waals surface area contributed by atoms with Gasteiger partial charge in [-0.15, -0.1) is 0 Å². The Bertz CT molecular complexity index is 1120. The van der Waals surface area contributed by atoms with Crippen LogP contribution in [0.2, 0.25) is 0 Å². The molecule has 0 radical (unpaired) electrons. The van der Waals surface area contributed by atoms with E-state index in [1.807, 2.05) is 49.4 Å². The van der Waals surface area contributed by atoms with Gasteiger partial charge in [-0.25, -0.2) is 0 Å². The topological polar surface area (TPSA) is 80.8 Å². The van der Waals surface area contributed by atoms with Crippen molar-refractivity contribution in [2.75, 3.05) is 12.1 Å².